The molecule has 4 aromatic rings. The lowest BCUT2D eigenvalue weighted by atomic mass is 9.91. The van der Waals surface area contributed by atoms with Crippen molar-refractivity contribution in [2.24, 2.45) is 0 Å². The summed E-state index contributed by atoms with van der Waals surface area (Å²) in [7, 11) is 4.39. The fourth-order valence-electron chi connectivity index (χ4n) is 5.57. The Hall–Kier alpha value is -3.29. The first-order valence-electron chi connectivity index (χ1n) is 12.7. The minimum atomic E-state index is 0.315. The minimum Gasteiger partial charge on any atom is -0.354 e. The highest BCUT2D eigenvalue weighted by atomic mass is 15.3. The smallest absolute Gasteiger partial charge is 0.137 e. The fourth-order valence-corrected chi connectivity index (χ4v) is 5.57. The van der Waals surface area contributed by atoms with E-state index in [-0.39, 0.29) is 0 Å². The third-order valence-corrected chi connectivity index (χ3v) is 7.55. The number of rotatable bonds is 5. The van der Waals surface area contributed by atoms with E-state index in [1.165, 1.54) is 17.7 Å². The van der Waals surface area contributed by atoms with E-state index in [1.54, 1.807) is 0 Å². The molecule has 0 saturated carbocycles. The normalized spacial score (nSPS) is 18.8. The Morgan fingerprint density at radius 1 is 1.00 bits per heavy atom. The molecule has 1 atom stereocenters. The first-order valence-corrected chi connectivity index (χ1v) is 12.7. The number of fused-ring (bicyclic) bond motifs is 2. The summed E-state index contributed by atoms with van der Waals surface area (Å²) in [6.07, 6.45) is 9.50. The number of anilines is 1. The van der Waals surface area contributed by atoms with Crippen molar-refractivity contribution in [3.8, 4) is 11.3 Å². The number of pyridine rings is 3. The molecule has 0 N–H and O–H groups in total. The van der Waals surface area contributed by atoms with Crippen LogP contribution in [0, 0.1) is 0 Å². The second-order valence-electron chi connectivity index (χ2n) is 9.90. The standard InChI is InChI=1S/C28H33N7/c1-32-15-17-34(18-16-32)25-12-11-22(19-30-25)28-23(31-26-10-3-4-14-35(26)28)20-33(2)24-9-5-7-21-8-6-13-29-27(21)24/h3-4,6,8,10-14,19,24H,5,7,9,15-18,20H2,1-2H3/t24-/m0/s1. The molecule has 35 heavy (non-hydrogen) atoms. The van der Waals surface area contributed by atoms with Crippen molar-refractivity contribution in [3.05, 3.63) is 78.0 Å². The van der Waals surface area contributed by atoms with Crippen LogP contribution in [0.25, 0.3) is 16.9 Å². The predicted molar refractivity (Wildman–Crippen MR) is 140 cm³/mol. The molecule has 180 valence electrons. The topological polar surface area (TPSA) is 52.8 Å². The summed E-state index contributed by atoms with van der Waals surface area (Å²) in [4.78, 5) is 21.9. The average Bonchev–Trinajstić information content (AvgIpc) is 3.26. The largest absolute Gasteiger partial charge is 0.354 e. The molecule has 0 radical (unpaired) electrons. The van der Waals surface area contributed by atoms with Crippen LogP contribution in [0.1, 0.15) is 35.8 Å². The SMILES string of the molecule is CN1CCN(c2ccc(-c3c(CN(C)[C@H]4CCCc5cccnc54)nc4ccccn34)cn2)CC1. The van der Waals surface area contributed by atoms with Gasteiger partial charge in [-0.25, -0.2) is 9.97 Å². The van der Waals surface area contributed by atoms with E-state index in [2.05, 4.69) is 81.9 Å². The van der Waals surface area contributed by atoms with Crippen LogP contribution in [0.2, 0.25) is 0 Å². The number of imidazole rings is 1. The zero-order valence-electron chi connectivity index (χ0n) is 20.6. The molecule has 6 rings (SSSR count). The van der Waals surface area contributed by atoms with Crippen molar-refractivity contribution in [1.29, 1.82) is 0 Å². The van der Waals surface area contributed by atoms with Crippen molar-refractivity contribution in [1.82, 2.24) is 29.2 Å². The summed E-state index contributed by atoms with van der Waals surface area (Å²) in [5, 5.41) is 0. The Morgan fingerprint density at radius 2 is 1.89 bits per heavy atom. The van der Waals surface area contributed by atoms with Crippen LogP contribution in [0.3, 0.4) is 0 Å². The Balaban J connectivity index is 1.31. The molecule has 0 unspecified atom stereocenters. The van der Waals surface area contributed by atoms with Gasteiger partial charge >= 0.3 is 0 Å². The van der Waals surface area contributed by atoms with Gasteiger partial charge in [-0.1, -0.05) is 12.1 Å². The lowest BCUT2D eigenvalue weighted by Gasteiger charge is -2.33. The van der Waals surface area contributed by atoms with Gasteiger partial charge in [0.2, 0.25) is 0 Å². The number of hydrogen-bond donors (Lipinski definition) is 0. The average molecular weight is 468 g/mol. The molecule has 7 heteroatoms. The van der Waals surface area contributed by atoms with Gasteiger partial charge in [0, 0.05) is 56.9 Å². The highest BCUT2D eigenvalue weighted by Crippen LogP contribution is 2.34. The summed E-state index contributed by atoms with van der Waals surface area (Å²) >= 11 is 0. The molecule has 4 aromatic heterocycles. The van der Waals surface area contributed by atoms with Gasteiger partial charge in [-0.3, -0.25) is 14.3 Å². The predicted octanol–water partition coefficient (Wildman–Crippen LogP) is 4.05. The van der Waals surface area contributed by atoms with Gasteiger partial charge in [0.15, 0.2) is 0 Å². The number of hydrogen-bond acceptors (Lipinski definition) is 6. The van der Waals surface area contributed by atoms with E-state index in [9.17, 15) is 0 Å². The Labute approximate surface area is 207 Å². The summed E-state index contributed by atoms with van der Waals surface area (Å²) in [6, 6.07) is 15.2. The molecule has 1 aliphatic heterocycles. The Morgan fingerprint density at radius 3 is 2.71 bits per heavy atom. The molecule has 7 nitrogen and oxygen atoms in total. The van der Waals surface area contributed by atoms with Gasteiger partial charge in [-0.2, -0.15) is 0 Å². The van der Waals surface area contributed by atoms with Crippen molar-refractivity contribution in [2.75, 3.05) is 45.2 Å². The van der Waals surface area contributed by atoms with Crippen LogP contribution in [0.15, 0.2) is 61.1 Å². The lowest BCUT2D eigenvalue weighted by molar-refractivity contribution is 0.207. The van der Waals surface area contributed by atoms with Crippen LogP contribution >= 0.6 is 0 Å². The molecule has 0 aromatic carbocycles. The lowest BCUT2D eigenvalue weighted by Crippen LogP contribution is -2.44. The molecular weight excluding hydrogens is 434 g/mol. The van der Waals surface area contributed by atoms with E-state index in [0.29, 0.717) is 6.04 Å². The maximum absolute atomic E-state index is 5.06. The number of likely N-dealkylation sites (N-methyl/N-ethyl adjacent to an activating group) is 1. The molecule has 1 fully saturated rings. The second-order valence-corrected chi connectivity index (χ2v) is 9.90. The summed E-state index contributed by atoms with van der Waals surface area (Å²) < 4.78 is 2.20. The van der Waals surface area contributed by atoms with Gasteiger partial charge in [0.05, 0.1) is 23.1 Å². The van der Waals surface area contributed by atoms with Crippen LogP contribution < -0.4 is 4.90 Å². The molecule has 5 heterocycles. The van der Waals surface area contributed by atoms with Crippen molar-refractivity contribution in [2.45, 2.75) is 31.8 Å². The minimum absolute atomic E-state index is 0.315. The van der Waals surface area contributed by atoms with Crippen molar-refractivity contribution < 1.29 is 0 Å². The monoisotopic (exact) mass is 467 g/mol. The number of nitrogens with zero attached hydrogens (tertiary/aromatic N) is 7. The zero-order chi connectivity index (χ0) is 23.8. The van der Waals surface area contributed by atoms with Crippen LogP contribution in [-0.4, -0.2) is 69.4 Å². The molecular formula is C28H33N7. The molecule has 1 saturated heterocycles. The summed E-state index contributed by atoms with van der Waals surface area (Å²) in [6.45, 7) is 4.95. The van der Waals surface area contributed by atoms with Gasteiger partial charge in [-0.15, -0.1) is 0 Å². The van der Waals surface area contributed by atoms with Crippen LogP contribution in [-0.2, 0) is 13.0 Å². The molecule has 0 bridgehead atoms. The van der Waals surface area contributed by atoms with E-state index in [1.807, 2.05) is 12.4 Å². The van der Waals surface area contributed by atoms with Gasteiger partial charge < -0.3 is 9.80 Å². The molecule has 1 aliphatic carbocycles. The maximum Gasteiger partial charge on any atom is 0.137 e. The third-order valence-electron chi connectivity index (χ3n) is 7.55. The highest BCUT2D eigenvalue weighted by molar-refractivity contribution is 5.67. The first kappa shape index (κ1) is 22.2. The quantitative estimate of drug-likeness (QED) is 0.441. The third kappa shape index (κ3) is 4.30. The summed E-state index contributed by atoms with van der Waals surface area (Å²) in [5.74, 6) is 1.05. The fraction of sp³-hybridized carbons (Fsp3) is 0.393. The van der Waals surface area contributed by atoms with E-state index >= 15 is 0 Å². The van der Waals surface area contributed by atoms with Crippen molar-refractivity contribution >= 4 is 11.5 Å². The van der Waals surface area contributed by atoms with Crippen LogP contribution in [0.4, 0.5) is 5.82 Å². The van der Waals surface area contributed by atoms with E-state index < -0.39 is 0 Å². The van der Waals surface area contributed by atoms with Gasteiger partial charge in [0.25, 0.3) is 0 Å². The molecule has 2 aliphatic rings. The Bertz CT molecular complexity index is 1300. The molecule has 0 spiro atoms. The number of aromatic nitrogens is 4. The Kier molecular flexibility index (Phi) is 5.96. The number of aryl methyl sites for hydroxylation is 1. The summed E-state index contributed by atoms with van der Waals surface area (Å²) in [5.41, 5.74) is 6.89. The van der Waals surface area contributed by atoms with E-state index in [4.69, 9.17) is 15.0 Å². The number of piperazine rings is 1. The molecule has 0 amide bonds. The van der Waals surface area contributed by atoms with Crippen LogP contribution in [0.5, 0.6) is 0 Å². The van der Waals surface area contributed by atoms with Crippen molar-refractivity contribution in [3.63, 3.8) is 0 Å². The first-order chi connectivity index (χ1) is 17.2. The second kappa shape index (κ2) is 9.40. The van der Waals surface area contributed by atoms with E-state index in [0.717, 1.165) is 74.0 Å². The zero-order valence-corrected chi connectivity index (χ0v) is 20.6. The maximum atomic E-state index is 5.06. The highest BCUT2D eigenvalue weighted by Gasteiger charge is 2.27. The van der Waals surface area contributed by atoms with Gasteiger partial charge in [0.1, 0.15) is 11.5 Å². The van der Waals surface area contributed by atoms with Gasteiger partial charge in [-0.05, 0) is 69.3 Å².